The Bertz CT molecular complexity index is 783. The van der Waals surface area contributed by atoms with Crippen LogP contribution in [0.2, 0.25) is 5.02 Å². The molecule has 1 fully saturated rings. The molecule has 0 unspecified atom stereocenters. The normalized spacial score (nSPS) is 14.8. The zero-order chi connectivity index (χ0) is 19.2. The Balaban J connectivity index is 1.60. The molecule has 2 aromatic rings. The number of rotatable bonds is 6. The van der Waals surface area contributed by atoms with Crippen molar-refractivity contribution >= 4 is 29.0 Å². The van der Waals surface area contributed by atoms with E-state index in [0.29, 0.717) is 22.9 Å². The number of morpholine rings is 1. The molecule has 1 amide bonds. The first kappa shape index (κ1) is 19.6. The van der Waals surface area contributed by atoms with E-state index >= 15 is 0 Å². The van der Waals surface area contributed by atoms with E-state index in [9.17, 15) is 4.79 Å². The maximum atomic E-state index is 12.4. The van der Waals surface area contributed by atoms with Gasteiger partial charge in [0.25, 0.3) is 5.91 Å². The minimum absolute atomic E-state index is 0.111. The lowest BCUT2D eigenvalue weighted by atomic mass is 10.1. The highest BCUT2D eigenvalue weighted by molar-refractivity contribution is 6.33. The second kappa shape index (κ2) is 9.17. The lowest BCUT2D eigenvalue weighted by Crippen LogP contribution is -2.41. The number of benzene rings is 1. The molecule has 7 heteroatoms. The molecule has 1 aliphatic heterocycles. The van der Waals surface area contributed by atoms with Gasteiger partial charge in [0.05, 0.1) is 23.9 Å². The van der Waals surface area contributed by atoms with Crippen molar-refractivity contribution in [3.63, 3.8) is 0 Å². The van der Waals surface area contributed by atoms with Crippen LogP contribution in [0, 0.1) is 13.8 Å². The number of carbonyl (C=O) groups is 1. The summed E-state index contributed by atoms with van der Waals surface area (Å²) >= 11 is 6.35. The maximum Gasteiger partial charge on any atom is 0.251 e. The number of aromatic nitrogens is 1. The number of halogens is 1. The molecule has 1 aromatic carbocycles. The van der Waals surface area contributed by atoms with Crippen molar-refractivity contribution in [2.75, 3.05) is 44.7 Å². The van der Waals surface area contributed by atoms with Crippen LogP contribution in [0.4, 0.5) is 11.5 Å². The minimum atomic E-state index is -0.111. The van der Waals surface area contributed by atoms with E-state index in [1.165, 1.54) is 0 Å². The second-order valence-corrected chi connectivity index (χ2v) is 7.11. The molecule has 0 aliphatic carbocycles. The van der Waals surface area contributed by atoms with E-state index in [-0.39, 0.29) is 5.91 Å². The van der Waals surface area contributed by atoms with Crippen molar-refractivity contribution in [3.05, 3.63) is 52.2 Å². The van der Waals surface area contributed by atoms with Crippen LogP contribution in [0.15, 0.2) is 30.5 Å². The summed E-state index contributed by atoms with van der Waals surface area (Å²) in [7, 11) is 0. The molecule has 0 atom stereocenters. The predicted octanol–water partition coefficient (Wildman–Crippen LogP) is 3.16. The van der Waals surface area contributed by atoms with E-state index in [0.717, 1.165) is 49.7 Å². The topological polar surface area (TPSA) is 66.5 Å². The van der Waals surface area contributed by atoms with Gasteiger partial charge in [-0.25, -0.2) is 4.98 Å². The first-order valence-electron chi connectivity index (χ1n) is 9.11. The van der Waals surface area contributed by atoms with Crippen LogP contribution in [0.25, 0.3) is 0 Å². The van der Waals surface area contributed by atoms with Gasteiger partial charge in [0, 0.05) is 37.9 Å². The van der Waals surface area contributed by atoms with Crippen LogP contribution < -0.4 is 10.6 Å². The van der Waals surface area contributed by atoms with Crippen LogP contribution in [-0.4, -0.2) is 55.2 Å². The van der Waals surface area contributed by atoms with E-state index in [4.69, 9.17) is 16.3 Å². The number of anilines is 2. The molecule has 1 aliphatic rings. The fourth-order valence-electron chi connectivity index (χ4n) is 3.10. The summed E-state index contributed by atoms with van der Waals surface area (Å²) in [4.78, 5) is 19.0. The molecule has 144 valence electrons. The molecule has 0 spiro atoms. The number of nitrogens with zero attached hydrogens (tertiary/aromatic N) is 2. The Morgan fingerprint density at radius 1 is 1.26 bits per heavy atom. The highest BCUT2D eigenvalue weighted by atomic mass is 35.5. The van der Waals surface area contributed by atoms with Gasteiger partial charge in [0.15, 0.2) is 0 Å². The maximum absolute atomic E-state index is 12.4. The summed E-state index contributed by atoms with van der Waals surface area (Å²) in [5.74, 6) is 0.477. The molecular formula is C20H25ClN4O2. The molecule has 1 aromatic heterocycles. The average Bonchev–Trinajstić information content (AvgIpc) is 2.66. The number of hydrogen-bond donors (Lipinski definition) is 2. The van der Waals surface area contributed by atoms with Gasteiger partial charge in [-0.15, -0.1) is 0 Å². The lowest BCUT2D eigenvalue weighted by Gasteiger charge is -2.26. The first-order valence-corrected chi connectivity index (χ1v) is 9.49. The molecule has 3 rings (SSSR count). The molecule has 0 bridgehead atoms. The van der Waals surface area contributed by atoms with Crippen LogP contribution >= 0.6 is 11.6 Å². The Morgan fingerprint density at radius 2 is 2.04 bits per heavy atom. The highest BCUT2D eigenvalue weighted by Crippen LogP contribution is 2.29. The Morgan fingerprint density at radius 3 is 2.78 bits per heavy atom. The van der Waals surface area contributed by atoms with Crippen molar-refractivity contribution in [1.29, 1.82) is 0 Å². The minimum Gasteiger partial charge on any atom is -0.379 e. The molecule has 0 saturated carbocycles. The van der Waals surface area contributed by atoms with Crippen molar-refractivity contribution in [1.82, 2.24) is 15.2 Å². The number of pyridine rings is 1. The van der Waals surface area contributed by atoms with Gasteiger partial charge >= 0.3 is 0 Å². The van der Waals surface area contributed by atoms with Crippen LogP contribution in [0.5, 0.6) is 0 Å². The van der Waals surface area contributed by atoms with Gasteiger partial charge in [-0.2, -0.15) is 0 Å². The quantitative estimate of drug-likeness (QED) is 0.795. The zero-order valence-corrected chi connectivity index (χ0v) is 16.5. The third-order valence-electron chi connectivity index (χ3n) is 4.52. The summed E-state index contributed by atoms with van der Waals surface area (Å²) in [6.07, 6.45) is 1.62. The Kier molecular flexibility index (Phi) is 6.66. The number of hydrogen-bond acceptors (Lipinski definition) is 5. The van der Waals surface area contributed by atoms with E-state index in [1.54, 1.807) is 18.3 Å². The van der Waals surface area contributed by atoms with E-state index < -0.39 is 0 Å². The molecule has 6 nitrogen and oxygen atoms in total. The monoisotopic (exact) mass is 388 g/mol. The van der Waals surface area contributed by atoms with Gasteiger partial charge in [-0.1, -0.05) is 17.7 Å². The zero-order valence-electron chi connectivity index (χ0n) is 15.7. The van der Waals surface area contributed by atoms with Gasteiger partial charge in [0.2, 0.25) is 0 Å². The molecule has 1 saturated heterocycles. The fraction of sp³-hybridized carbons (Fsp3) is 0.400. The Labute approximate surface area is 164 Å². The van der Waals surface area contributed by atoms with Crippen molar-refractivity contribution in [2.45, 2.75) is 13.8 Å². The standard InChI is InChI=1S/C20H25ClN4O2/c1-14-11-15(2)19(17(21)12-14)24-18-13-16(3-4-22-18)20(26)23-5-6-25-7-9-27-10-8-25/h3-4,11-13H,5-10H2,1-2H3,(H,22,24)(H,23,26). The van der Waals surface area contributed by atoms with Crippen LogP contribution in [-0.2, 0) is 4.74 Å². The van der Waals surface area contributed by atoms with Gasteiger partial charge in [0.1, 0.15) is 5.82 Å². The van der Waals surface area contributed by atoms with Gasteiger partial charge in [-0.05, 0) is 43.2 Å². The van der Waals surface area contributed by atoms with Crippen LogP contribution in [0.1, 0.15) is 21.5 Å². The number of carbonyl (C=O) groups excluding carboxylic acids is 1. The van der Waals surface area contributed by atoms with Crippen molar-refractivity contribution < 1.29 is 9.53 Å². The molecule has 2 heterocycles. The van der Waals surface area contributed by atoms with E-state index in [1.807, 2.05) is 19.9 Å². The summed E-state index contributed by atoms with van der Waals surface area (Å²) in [6, 6.07) is 7.40. The number of nitrogens with one attached hydrogen (secondary N) is 2. The SMILES string of the molecule is Cc1cc(C)c(Nc2cc(C(=O)NCCN3CCOCC3)ccn2)c(Cl)c1. The van der Waals surface area contributed by atoms with Crippen LogP contribution in [0.3, 0.4) is 0 Å². The smallest absolute Gasteiger partial charge is 0.251 e. The summed E-state index contributed by atoms with van der Waals surface area (Å²) in [5, 5.41) is 6.82. The first-order chi connectivity index (χ1) is 13.0. The van der Waals surface area contributed by atoms with E-state index in [2.05, 4.69) is 26.6 Å². The fourth-order valence-corrected chi connectivity index (χ4v) is 3.47. The van der Waals surface area contributed by atoms with Gasteiger partial charge in [-0.3, -0.25) is 9.69 Å². The summed E-state index contributed by atoms with van der Waals surface area (Å²) < 4.78 is 5.33. The van der Waals surface area contributed by atoms with Crippen molar-refractivity contribution in [3.8, 4) is 0 Å². The number of ether oxygens (including phenoxy) is 1. The Hall–Kier alpha value is -2.15. The number of amides is 1. The number of aryl methyl sites for hydroxylation is 2. The largest absolute Gasteiger partial charge is 0.379 e. The molecular weight excluding hydrogens is 364 g/mol. The molecule has 0 radical (unpaired) electrons. The molecule has 27 heavy (non-hydrogen) atoms. The van der Waals surface area contributed by atoms with Gasteiger partial charge < -0.3 is 15.4 Å². The summed E-state index contributed by atoms with van der Waals surface area (Å²) in [6.45, 7) is 8.76. The highest BCUT2D eigenvalue weighted by Gasteiger charge is 2.12. The third-order valence-corrected chi connectivity index (χ3v) is 4.82. The van der Waals surface area contributed by atoms with Crippen molar-refractivity contribution in [2.24, 2.45) is 0 Å². The predicted molar refractivity (Wildman–Crippen MR) is 108 cm³/mol. The summed E-state index contributed by atoms with van der Waals surface area (Å²) in [5.41, 5.74) is 3.50. The lowest BCUT2D eigenvalue weighted by molar-refractivity contribution is 0.0383. The third kappa shape index (κ3) is 5.42. The average molecular weight is 389 g/mol. The second-order valence-electron chi connectivity index (χ2n) is 6.70. The molecule has 2 N–H and O–H groups in total.